The number of hydrogen-bond acceptors (Lipinski definition) is 5. The quantitative estimate of drug-likeness (QED) is 0.647. The van der Waals surface area contributed by atoms with E-state index in [4.69, 9.17) is 0 Å². The van der Waals surface area contributed by atoms with Crippen LogP contribution in [0.25, 0.3) is 0 Å². The van der Waals surface area contributed by atoms with Crippen LogP contribution in [0.5, 0.6) is 0 Å². The number of ether oxygens (including phenoxy) is 1. The number of pyridine rings is 1. The van der Waals surface area contributed by atoms with Crippen molar-refractivity contribution in [2.45, 2.75) is 0 Å². The third-order valence-corrected chi connectivity index (χ3v) is 3.75. The molecule has 0 radical (unpaired) electrons. The highest BCUT2D eigenvalue weighted by atomic mass is 19.1. The van der Waals surface area contributed by atoms with Crippen LogP contribution in [0.1, 0.15) is 20.8 Å². The molecule has 0 spiro atoms. The maximum absolute atomic E-state index is 13.7. The van der Waals surface area contributed by atoms with E-state index in [9.17, 15) is 18.4 Å². The fourth-order valence-electron chi connectivity index (χ4n) is 2.39. The molecule has 1 amide bonds. The molecule has 0 aliphatic carbocycles. The molecule has 6 nitrogen and oxygen atoms in total. The highest BCUT2D eigenvalue weighted by molar-refractivity contribution is 6.03. The average Bonchev–Trinajstić information content (AvgIpc) is 2.70. The standard InChI is InChI=1S/C20H15F2N3O3/c1-28-20(27)12-3-2-4-14(9-12)25-19(26)18-8-6-15(11-23-18)24-17-7-5-13(21)10-16(17)22/h2-11,24H,1H3,(H,25,26). The summed E-state index contributed by atoms with van der Waals surface area (Å²) in [6, 6.07) is 12.4. The Bertz CT molecular complexity index is 1020. The van der Waals surface area contributed by atoms with Crippen LogP contribution in [0.2, 0.25) is 0 Å². The number of esters is 1. The number of halogens is 2. The number of nitrogens with zero attached hydrogens (tertiary/aromatic N) is 1. The van der Waals surface area contributed by atoms with Crippen molar-refractivity contribution in [3.63, 3.8) is 0 Å². The highest BCUT2D eigenvalue weighted by Crippen LogP contribution is 2.20. The first-order chi connectivity index (χ1) is 13.5. The van der Waals surface area contributed by atoms with Crippen LogP contribution in [0, 0.1) is 11.6 Å². The lowest BCUT2D eigenvalue weighted by molar-refractivity contribution is 0.0600. The van der Waals surface area contributed by atoms with Crippen molar-refractivity contribution >= 4 is 28.9 Å². The van der Waals surface area contributed by atoms with Gasteiger partial charge in [0.2, 0.25) is 0 Å². The van der Waals surface area contributed by atoms with E-state index in [2.05, 4.69) is 20.4 Å². The van der Waals surface area contributed by atoms with Crippen LogP contribution >= 0.6 is 0 Å². The van der Waals surface area contributed by atoms with E-state index in [-0.39, 0.29) is 11.4 Å². The zero-order valence-electron chi connectivity index (χ0n) is 14.7. The number of methoxy groups -OCH3 is 1. The molecule has 0 atom stereocenters. The molecule has 2 N–H and O–H groups in total. The Balaban J connectivity index is 1.69. The molecular weight excluding hydrogens is 368 g/mol. The van der Waals surface area contributed by atoms with Crippen molar-refractivity contribution < 1.29 is 23.1 Å². The minimum atomic E-state index is -0.743. The Hall–Kier alpha value is -3.81. The van der Waals surface area contributed by atoms with Gasteiger partial charge in [0.05, 0.1) is 30.2 Å². The Morgan fingerprint density at radius 2 is 1.82 bits per heavy atom. The Morgan fingerprint density at radius 3 is 2.50 bits per heavy atom. The summed E-state index contributed by atoms with van der Waals surface area (Å²) in [5.41, 5.74) is 1.34. The minimum Gasteiger partial charge on any atom is -0.465 e. The second kappa shape index (κ2) is 8.26. The number of aromatic nitrogens is 1. The number of anilines is 3. The van der Waals surface area contributed by atoms with E-state index in [1.807, 2.05) is 0 Å². The van der Waals surface area contributed by atoms with Gasteiger partial charge in [0, 0.05) is 11.8 Å². The molecule has 0 bridgehead atoms. The maximum Gasteiger partial charge on any atom is 0.337 e. The SMILES string of the molecule is COC(=O)c1cccc(NC(=O)c2ccc(Nc3ccc(F)cc3F)cn2)c1. The highest BCUT2D eigenvalue weighted by Gasteiger charge is 2.11. The molecule has 0 saturated heterocycles. The van der Waals surface area contributed by atoms with E-state index in [1.54, 1.807) is 18.2 Å². The Labute approximate surface area is 159 Å². The molecule has 1 heterocycles. The second-order valence-corrected chi connectivity index (χ2v) is 5.71. The summed E-state index contributed by atoms with van der Waals surface area (Å²) in [4.78, 5) is 27.9. The van der Waals surface area contributed by atoms with E-state index in [0.29, 0.717) is 16.9 Å². The number of carbonyl (C=O) groups is 2. The van der Waals surface area contributed by atoms with Crippen molar-refractivity contribution in [2.24, 2.45) is 0 Å². The monoisotopic (exact) mass is 383 g/mol. The molecule has 0 unspecified atom stereocenters. The minimum absolute atomic E-state index is 0.0834. The summed E-state index contributed by atoms with van der Waals surface area (Å²) >= 11 is 0. The molecular formula is C20H15F2N3O3. The van der Waals surface area contributed by atoms with E-state index < -0.39 is 23.5 Å². The number of amides is 1. The molecule has 0 fully saturated rings. The third-order valence-electron chi connectivity index (χ3n) is 3.75. The van der Waals surface area contributed by atoms with Gasteiger partial charge in [0.15, 0.2) is 0 Å². The van der Waals surface area contributed by atoms with Crippen molar-refractivity contribution in [1.29, 1.82) is 0 Å². The first-order valence-electron chi connectivity index (χ1n) is 8.14. The molecule has 142 valence electrons. The molecule has 2 aromatic carbocycles. The largest absolute Gasteiger partial charge is 0.465 e. The zero-order chi connectivity index (χ0) is 20.1. The molecule has 0 aliphatic heterocycles. The predicted octanol–water partition coefficient (Wildman–Crippen LogP) is 4.14. The van der Waals surface area contributed by atoms with Crippen molar-refractivity contribution in [2.75, 3.05) is 17.7 Å². The number of hydrogen-bond donors (Lipinski definition) is 2. The Morgan fingerprint density at radius 1 is 1.00 bits per heavy atom. The number of rotatable bonds is 5. The van der Waals surface area contributed by atoms with E-state index >= 15 is 0 Å². The fourth-order valence-corrected chi connectivity index (χ4v) is 2.39. The Kier molecular flexibility index (Phi) is 5.59. The van der Waals surface area contributed by atoms with E-state index in [0.717, 1.165) is 12.1 Å². The third kappa shape index (κ3) is 4.47. The van der Waals surface area contributed by atoms with Crippen LogP contribution in [-0.2, 0) is 4.74 Å². The lowest BCUT2D eigenvalue weighted by atomic mass is 10.2. The van der Waals surface area contributed by atoms with Gasteiger partial charge in [-0.15, -0.1) is 0 Å². The maximum atomic E-state index is 13.7. The molecule has 28 heavy (non-hydrogen) atoms. The van der Waals surface area contributed by atoms with Crippen molar-refractivity contribution in [3.8, 4) is 0 Å². The van der Waals surface area contributed by atoms with Gasteiger partial charge in [-0.25, -0.2) is 18.6 Å². The number of nitrogens with one attached hydrogen (secondary N) is 2. The van der Waals surface area contributed by atoms with Crippen LogP contribution in [0.4, 0.5) is 25.8 Å². The second-order valence-electron chi connectivity index (χ2n) is 5.71. The van der Waals surface area contributed by atoms with E-state index in [1.165, 1.54) is 37.6 Å². The van der Waals surface area contributed by atoms with Gasteiger partial charge in [0.1, 0.15) is 17.3 Å². The molecule has 8 heteroatoms. The average molecular weight is 383 g/mol. The van der Waals surface area contributed by atoms with Gasteiger partial charge in [-0.05, 0) is 42.5 Å². The first kappa shape index (κ1) is 19.0. The summed E-state index contributed by atoms with van der Waals surface area (Å²) in [5.74, 6) is -2.42. The molecule has 3 aromatic rings. The molecule has 3 rings (SSSR count). The van der Waals surface area contributed by atoms with Gasteiger partial charge < -0.3 is 15.4 Å². The van der Waals surface area contributed by atoms with Gasteiger partial charge >= 0.3 is 5.97 Å². The lowest BCUT2D eigenvalue weighted by Crippen LogP contribution is -2.14. The lowest BCUT2D eigenvalue weighted by Gasteiger charge is -2.09. The zero-order valence-corrected chi connectivity index (χ0v) is 14.7. The van der Waals surface area contributed by atoms with Crippen LogP contribution in [0.15, 0.2) is 60.8 Å². The van der Waals surface area contributed by atoms with Crippen LogP contribution < -0.4 is 10.6 Å². The van der Waals surface area contributed by atoms with Gasteiger partial charge in [0.25, 0.3) is 5.91 Å². The normalized spacial score (nSPS) is 10.2. The summed E-state index contributed by atoms with van der Waals surface area (Å²) in [5, 5.41) is 5.39. The summed E-state index contributed by atoms with van der Waals surface area (Å²) in [7, 11) is 1.27. The summed E-state index contributed by atoms with van der Waals surface area (Å²) in [6.07, 6.45) is 1.35. The van der Waals surface area contributed by atoms with Gasteiger partial charge in [-0.1, -0.05) is 6.07 Å². The number of benzene rings is 2. The smallest absolute Gasteiger partial charge is 0.337 e. The first-order valence-corrected chi connectivity index (χ1v) is 8.14. The van der Waals surface area contributed by atoms with Crippen molar-refractivity contribution in [3.05, 3.63) is 83.7 Å². The summed E-state index contributed by atoms with van der Waals surface area (Å²) in [6.45, 7) is 0. The van der Waals surface area contributed by atoms with Crippen LogP contribution in [-0.4, -0.2) is 24.0 Å². The van der Waals surface area contributed by atoms with Crippen LogP contribution in [0.3, 0.4) is 0 Å². The topological polar surface area (TPSA) is 80.3 Å². The fraction of sp³-hybridized carbons (Fsp3) is 0.0500. The molecule has 0 aliphatic rings. The van der Waals surface area contributed by atoms with Gasteiger partial charge in [-0.2, -0.15) is 0 Å². The summed E-state index contributed by atoms with van der Waals surface area (Å²) < 4.78 is 31.3. The van der Waals surface area contributed by atoms with Gasteiger partial charge in [-0.3, -0.25) is 4.79 Å². The molecule has 1 aromatic heterocycles. The predicted molar refractivity (Wildman–Crippen MR) is 99.6 cm³/mol. The molecule has 0 saturated carbocycles. The van der Waals surface area contributed by atoms with Crippen molar-refractivity contribution in [1.82, 2.24) is 4.98 Å². The number of carbonyl (C=O) groups excluding carboxylic acids is 2.